The van der Waals surface area contributed by atoms with Crippen molar-refractivity contribution in [2.24, 2.45) is 0 Å². The van der Waals surface area contributed by atoms with Gasteiger partial charge in [0, 0.05) is 11.4 Å². The molecule has 0 radical (unpaired) electrons. The van der Waals surface area contributed by atoms with Gasteiger partial charge in [-0.15, -0.1) is 28.1 Å². The number of thiophene rings is 1. The van der Waals surface area contributed by atoms with Crippen molar-refractivity contribution in [1.82, 2.24) is 19.7 Å². The van der Waals surface area contributed by atoms with E-state index in [4.69, 9.17) is 10.2 Å². The van der Waals surface area contributed by atoms with E-state index in [0.717, 1.165) is 29.5 Å². The molecule has 0 aromatic carbocycles. The van der Waals surface area contributed by atoms with Gasteiger partial charge in [0.15, 0.2) is 10.9 Å². The van der Waals surface area contributed by atoms with E-state index in [9.17, 15) is 4.79 Å². The normalized spacial score (nSPS) is 13.7. The molecule has 3 heterocycles. The average molecular weight is 396 g/mol. The maximum atomic E-state index is 13.3. The average Bonchev–Trinajstić information content (AvgIpc) is 2.87. The zero-order valence-electron chi connectivity index (χ0n) is 14.6. The summed E-state index contributed by atoms with van der Waals surface area (Å²) in [6.45, 7) is 4.17. The minimum absolute atomic E-state index is 0.0107. The van der Waals surface area contributed by atoms with Crippen LogP contribution in [0.3, 0.4) is 0 Å². The lowest BCUT2D eigenvalue weighted by Crippen LogP contribution is -2.23. The minimum atomic E-state index is -0.0107. The summed E-state index contributed by atoms with van der Waals surface area (Å²) in [5, 5.41) is 18.7. The van der Waals surface area contributed by atoms with Crippen LogP contribution in [0.15, 0.2) is 39.8 Å². The molecular formula is C19H17N5OS2. The number of hydrogen-bond acceptors (Lipinski definition) is 7. The molecule has 136 valence electrons. The highest BCUT2D eigenvalue weighted by atomic mass is 32.2. The van der Waals surface area contributed by atoms with Gasteiger partial charge in [-0.2, -0.15) is 5.26 Å². The molecule has 6 nitrogen and oxygen atoms in total. The van der Waals surface area contributed by atoms with Crippen LogP contribution in [0.1, 0.15) is 35.4 Å². The van der Waals surface area contributed by atoms with E-state index in [-0.39, 0.29) is 11.3 Å². The lowest BCUT2D eigenvalue weighted by molar-refractivity contribution is 0.670. The predicted octanol–water partition coefficient (Wildman–Crippen LogP) is 3.73. The molecule has 0 unspecified atom stereocenters. The van der Waals surface area contributed by atoms with E-state index in [0.29, 0.717) is 16.7 Å². The Balaban J connectivity index is 1.84. The van der Waals surface area contributed by atoms with Crippen LogP contribution in [-0.2, 0) is 19.4 Å². The summed E-state index contributed by atoms with van der Waals surface area (Å²) in [7, 11) is 0. The first-order chi connectivity index (χ1) is 13.2. The van der Waals surface area contributed by atoms with E-state index < -0.39 is 0 Å². The number of aryl methyl sites for hydroxylation is 2. The van der Waals surface area contributed by atoms with Crippen molar-refractivity contribution < 1.29 is 0 Å². The second-order valence-electron chi connectivity index (χ2n) is 6.31. The lowest BCUT2D eigenvalue weighted by atomic mass is 10.1. The molecule has 4 rings (SSSR count). The Morgan fingerprint density at radius 3 is 2.89 bits per heavy atom. The molecule has 0 bridgehead atoms. The molecular weight excluding hydrogens is 378 g/mol. The Hall–Kier alpha value is -2.50. The molecule has 0 amide bonds. The van der Waals surface area contributed by atoms with Crippen LogP contribution < -0.4 is 5.56 Å². The Labute approximate surface area is 164 Å². The SMILES string of the molecule is C=CCn1c(Sc2ccc(C#N)nn2)nc2sc3c(c2c1=O)CCCCC3. The molecule has 27 heavy (non-hydrogen) atoms. The number of nitriles is 1. The third-order valence-corrected chi connectivity index (χ3v) is 6.66. The highest BCUT2D eigenvalue weighted by Gasteiger charge is 2.21. The summed E-state index contributed by atoms with van der Waals surface area (Å²) in [6, 6.07) is 5.28. The molecule has 0 saturated carbocycles. The van der Waals surface area contributed by atoms with Crippen molar-refractivity contribution in [1.29, 1.82) is 5.26 Å². The van der Waals surface area contributed by atoms with Crippen molar-refractivity contribution in [2.75, 3.05) is 0 Å². The van der Waals surface area contributed by atoms with Gasteiger partial charge in [0.25, 0.3) is 5.56 Å². The first-order valence-corrected chi connectivity index (χ1v) is 10.4. The zero-order valence-corrected chi connectivity index (χ0v) is 16.3. The van der Waals surface area contributed by atoms with Crippen LogP contribution in [-0.4, -0.2) is 19.7 Å². The number of rotatable bonds is 4. The molecule has 1 aliphatic carbocycles. The Morgan fingerprint density at radius 2 is 2.15 bits per heavy atom. The van der Waals surface area contributed by atoms with Crippen molar-refractivity contribution in [3.8, 4) is 6.07 Å². The number of allylic oxidation sites excluding steroid dienone is 1. The van der Waals surface area contributed by atoms with Crippen LogP contribution in [0, 0.1) is 11.3 Å². The summed E-state index contributed by atoms with van der Waals surface area (Å²) in [6.07, 6.45) is 7.19. The Kier molecular flexibility index (Phi) is 5.05. The van der Waals surface area contributed by atoms with E-state index in [2.05, 4.69) is 16.8 Å². The van der Waals surface area contributed by atoms with Crippen molar-refractivity contribution in [2.45, 2.75) is 48.8 Å². The number of aromatic nitrogens is 4. The summed E-state index contributed by atoms with van der Waals surface area (Å²) >= 11 is 2.92. The van der Waals surface area contributed by atoms with Gasteiger partial charge in [0.1, 0.15) is 15.9 Å². The van der Waals surface area contributed by atoms with Gasteiger partial charge in [0.2, 0.25) is 0 Å². The van der Waals surface area contributed by atoms with Gasteiger partial charge in [-0.05, 0) is 55.1 Å². The standard InChI is InChI=1S/C19H17N5OS2/c1-2-10-24-18(25)16-13-6-4-3-5-7-14(13)26-17(16)21-19(24)27-15-9-8-12(11-20)22-23-15/h2,8-9H,1,3-7,10H2. The zero-order chi connectivity index (χ0) is 18.8. The highest BCUT2D eigenvalue weighted by molar-refractivity contribution is 7.99. The quantitative estimate of drug-likeness (QED) is 0.380. The smallest absolute Gasteiger partial charge is 0.263 e. The van der Waals surface area contributed by atoms with Gasteiger partial charge in [0.05, 0.1) is 5.39 Å². The maximum Gasteiger partial charge on any atom is 0.263 e. The van der Waals surface area contributed by atoms with Crippen molar-refractivity contribution >= 4 is 33.3 Å². The predicted molar refractivity (Wildman–Crippen MR) is 106 cm³/mol. The van der Waals surface area contributed by atoms with E-state index >= 15 is 0 Å². The fourth-order valence-corrected chi connectivity index (χ4v) is 5.41. The van der Waals surface area contributed by atoms with E-state index in [1.54, 1.807) is 34.1 Å². The van der Waals surface area contributed by atoms with Crippen molar-refractivity contribution in [3.63, 3.8) is 0 Å². The topological polar surface area (TPSA) is 84.5 Å². The summed E-state index contributed by atoms with van der Waals surface area (Å²) in [5.41, 5.74) is 1.44. The molecule has 0 saturated heterocycles. The van der Waals surface area contributed by atoms with Crippen LogP contribution in [0.25, 0.3) is 10.2 Å². The van der Waals surface area contributed by atoms with Gasteiger partial charge >= 0.3 is 0 Å². The second kappa shape index (κ2) is 7.62. The molecule has 0 atom stereocenters. The van der Waals surface area contributed by atoms with Crippen LogP contribution in [0.5, 0.6) is 0 Å². The monoisotopic (exact) mass is 395 g/mol. The number of fused-ring (bicyclic) bond motifs is 3. The van der Waals surface area contributed by atoms with Crippen LogP contribution >= 0.6 is 23.1 Å². The Morgan fingerprint density at radius 1 is 1.30 bits per heavy atom. The number of nitrogens with zero attached hydrogens (tertiary/aromatic N) is 5. The maximum absolute atomic E-state index is 13.3. The first kappa shape index (κ1) is 17.9. The van der Waals surface area contributed by atoms with Gasteiger partial charge < -0.3 is 0 Å². The third-order valence-electron chi connectivity index (χ3n) is 4.55. The fraction of sp³-hybridized carbons (Fsp3) is 0.316. The summed E-state index contributed by atoms with van der Waals surface area (Å²) in [5.74, 6) is 0. The third kappa shape index (κ3) is 3.40. The first-order valence-electron chi connectivity index (χ1n) is 8.79. The molecule has 3 aromatic rings. The van der Waals surface area contributed by atoms with Gasteiger partial charge in [-0.3, -0.25) is 9.36 Å². The molecule has 1 aliphatic rings. The molecule has 0 aliphatic heterocycles. The summed E-state index contributed by atoms with van der Waals surface area (Å²) < 4.78 is 1.65. The van der Waals surface area contributed by atoms with Gasteiger partial charge in [-0.25, -0.2) is 4.98 Å². The minimum Gasteiger partial charge on any atom is -0.283 e. The Bertz CT molecular complexity index is 1110. The molecule has 0 spiro atoms. The van der Waals surface area contributed by atoms with E-state index in [1.807, 2.05) is 6.07 Å². The van der Waals surface area contributed by atoms with E-state index in [1.165, 1.54) is 35.0 Å². The van der Waals surface area contributed by atoms with Crippen LogP contribution in [0.4, 0.5) is 0 Å². The molecule has 0 fully saturated rings. The van der Waals surface area contributed by atoms with Crippen LogP contribution in [0.2, 0.25) is 0 Å². The highest BCUT2D eigenvalue weighted by Crippen LogP contribution is 2.34. The fourth-order valence-electron chi connectivity index (χ4n) is 3.29. The van der Waals surface area contributed by atoms with Crippen molar-refractivity contribution in [3.05, 3.63) is 51.3 Å². The molecule has 3 aromatic heterocycles. The number of hydrogen-bond donors (Lipinski definition) is 0. The second-order valence-corrected chi connectivity index (χ2v) is 8.39. The largest absolute Gasteiger partial charge is 0.283 e. The van der Waals surface area contributed by atoms with Gasteiger partial charge in [-0.1, -0.05) is 12.5 Å². The summed E-state index contributed by atoms with van der Waals surface area (Å²) in [4.78, 5) is 20.2. The molecule has 0 N–H and O–H groups in total. The lowest BCUT2D eigenvalue weighted by Gasteiger charge is -2.10. The molecule has 8 heteroatoms.